The standard InChI is InChI=1S/C29H33ClN4O3.H2S/c1-4-14-37-29(36)34-13-12-33(17-19(34)3)28(35)21-8-10-23-25(16-21)32-24-15-20(7-9-22(24)26(23)30)27-18(2)6-5-11-31-27;/h5-6,8,10-11,16,19-20H,4,7,9,12-15,17H2,1-3H3;1H2/t19-,20?;/m0./s1. The molecule has 202 valence electrons. The number of nitrogens with zero attached hydrogens (tertiary/aromatic N) is 4. The molecule has 2 atom stereocenters. The Morgan fingerprint density at radius 1 is 1.21 bits per heavy atom. The molecule has 1 aromatic carbocycles. The fourth-order valence-electron chi connectivity index (χ4n) is 5.55. The first-order valence-electron chi connectivity index (χ1n) is 13.1. The minimum atomic E-state index is -0.310. The van der Waals surface area contributed by atoms with Crippen molar-refractivity contribution in [1.82, 2.24) is 19.8 Å². The van der Waals surface area contributed by atoms with Crippen molar-refractivity contribution in [2.24, 2.45) is 0 Å². The smallest absolute Gasteiger partial charge is 0.410 e. The average molecular weight is 555 g/mol. The van der Waals surface area contributed by atoms with E-state index in [2.05, 4.69) is 18.0 Å². The molecule has 38 heavy (non-hydrogen) atoms. The Balaban J connectivity index is 0.00000336. The number of benzene rings is 1. The molecule has 0 radical (unpaired) electrons. The lowest BCUT2D eigenvalue weighted by Crippen LogP contribution is -2.55. The molecular formula is C29H35ClN4O3S. The summed E-state index contributed by atoms with van der Waals surface area (Å²) in [6.07, 6.45) is 4.96. The van der Waals surface area contributed by atoms with Crippen molar-refractivity contribution in [2.75, 3.05) is 26.2 Å². The van der Waals surface area contributed by atoms with E-state index >= 15 is 0 Å². The van der Waals surface area contributed by atoms with Crippen LogP contribution >= 0.6 is 25.1 Å². The van der Waals surface area contributed by atoms with E-state index in [1.807, 2.05) is 44.3 Å². The Bertz CT molecular complexity index is 1350. The monoisotopic (exact) mass is 554 g/mol. The number of halogens is 1. The van der Waals surface area contributed by atoms with E-state index in [0.29, 0.717) is 37.7 Å². The summed E-state index contributed by atoms with van der Waals surface area (Å²) >= 11 is 6.87. The van der Waals surface area contributed by atoms with Crippen molar-refractivity contribution in [1.29, 1.82) is 0 Å². The second-order valence-corrected chi connectivity index (χ2v) is 10.5. The van der Waals surface area contributed by atoms with Crippen LogP contribution in [0.25, 0.3) is 10.9 Å². The summed E-state index contributed by atoms with van der Waals surface area (Å²) in [6.45, 7) is 7.80. The highest BCUT2D eigenvalue weighted by atomic mass is 35.5. The van der Waals surface area contributed by atoms with Crippen LogP contribution in [0.15, 0.2) is 36.5 Å². The number of fused-ring (bicyclic) bond motifs is 2. The van der Waals surface area contributed by atoms with Gasteiger partial charge in [-0.1, -0.05) is 30.7 Å². The first kappa shape index (κ1) is 28.2. The van der Waals surface area contributed by atoms with Crippen LogP contribution < -0.4 is 0 Å². The molecule has 0 saturated carbocycles. The number of rotatable bonds is 4. The molecule has 0 spiro atoms. The van der Waals surface area contributed by atoms with Gasteiger partial charge in [0.2, 0.25) is 0 Å². The number of carbonyl (C=O) groups excluding carboxylic acids is 2. The third-order valence-corrected chi connectivity index (χ3v) is 7.98. The van der Waals surface area contributed by atoms with Crippen molar-refractivity contribution in [3.8, 4) is 0 Å². The number of aryl methyl sites for hydroxylation is 1. The number of ether oxygens (including phenoxy) is 1. The maximum atomic E-state index is 13.4. The molecule has 5 rings (SSSR count). The number of carbonyl (C=O) groups is 2. The molecule has 2 aromatic heterocycles. The quantitative estimate of drug-likeness (QED) is 0.415. The highest BCUT2D eigenvalue weighted by molar-refractivity contribution is 7.59. The zero-order chi connectivity index (χ0) is 26.1. The normalized spacial score (nSPS) is 19.1. The van der Waals surface area contributed by atoms with Crippen LogP contribution in [-0.2, 0) is 17.6 Å². The molecule has 0 N–H and O–H groups in total. The van der Waals surface area contributed by atoms with E-state index < -0.39 is 0 Å². The van der Waals surface area contributed by atoms with Gasteiger partial charge < -0.3 is 14.5 Å². The third kappa shape index (κ3) is 5.47. The second kappa shape index (κ2) is 11.9. The van der Waals surface area contributed by atoms with Gasteiger partial charge in [0.05, 0.1) is 17.1 Å². The van der Waals surface area contributed by atoms with Gasteiger partial charge in [-0.25, -0.2) is 4.79 Å². The molecule has 3 aromatic rings. The van der Waals surface area contributed by atoms with Gasteiger partial charge in [-0.2, -0.15) is 13.5 Å². The Kier molecular flexibility index (Phi) is 8.83. The SMILES string of the molecule is CCCOC(=O)N1CCN(C(=O)c2ccc3c(Cl)c4c(nc3c2)CC(c2ncccc2C)CC4)C[C@@H]1C.S. The Morgan fingerprint density at radius 3 is 2.76 bits per heavy atom. The minimum Gasteiger partial charge on any atom is -0.449 e. The van der Waals surface area contributed by atoms with Crippen LogP contribution in [-0.4, -0.2) is 64.1 Å². The molecule has 3 heterocycles. The molecular weight excluding hydrogens is 520 g/mol. The maximum absolute atomic E-state index is 13.4. The van der Waals surface area contributed by atoms with Crippen LogP contribution in [0, 0.1) is 6.92 Å². The van der Waals surface area contributed by atoms with E-state index in [0.717, 1.165) is 58.6 Å². The van der Waals surface area contributed by atoms with Crippen molar-refractivity contribution in [3.05, 3.63) is 69.6 Å². The molecule has 1 aliphatic carbocycles. The lowest BCUT2D eigenvalue weighted by Gasteiger charge is -2.39. The summed E-state index contributed by atoms with van der Waals surface area (Å²) in [7, 11) is 0. The fourth-order valence-corrected chi connectivity index (χ4v) is 5.91. The van der Waals surface area contributed by atoms with Gasteiger partial charge in [-0.15, -0.1) is 0 Å². The predicted molar refractivity (Wildman–Crippen MR) is 155 cm³/mol. The van der Waals surface area contributed by atoms with Crippen molar-refractivity contribution < 1.29 is 14.3 Å². The average Bonchev–Trinajstić information content (AvgIpc) is 2.91. The Labute approximate surface area is 236 Å². The second-order valence-electron chi connectivity index (χ2n) is 10.1. The van der Waals surface area contributed by atoms with Crippen molar-refractivity contribution in [3.63, 3.8) is 0 Å². The lowest BCUT2D eigenvalue weighted by atomic mass is 9.83. The van der Waals surface area contributed by atoms with Gasteiger partial charge in [0.1, 0.15) is 0 Å². The molecule has 1 saturated heterocycles. The molecule has 9 heteroatoms. The van der Waals surface area contributed by atoms with Gasteiger partial charge in [0.25, 0.3) is 5.91 Å². The number of piperazine rings is 1. The van der Waals surface area contributed by atoms with E-state index in [1.165, 1.54) is 5.56 Å². The molecule has 1 fully saturated rings. The zero-order valence-corrected chi connectivity index (χ0v) is 23.9. The van der Waals surface area contributed by atoms with Crippen LogP contribution in [0.5, 0.6) is 0 Å². The van der Waals surface area contributed by atoms with Gasteiger partial charge >= 0.3 is 6.09 Å². The summed E-state index contributed by atoms with van der Waals surface area (Å²) in [5, 5.41) is 1.62. The van der Waals surface area contributed by atoms with Crippen LogP contribution in [0.4, 0.5) is 4.79 Å². The van der Waals surface area contributed by atoms with Gasteiger partial charge in [-0.05, 0) is 68.9 Å². The number of hydrogen-bond donors (Lipinski definition) is 0. The summed E-state index contributed by atoms with van der Waals surface area (Å²) in [6, 6.07) is 9.55. The lowest BCUT2D eigenvalue weighted by molar-refractivity contribution is 0.0412. The van der Waals surface area contributed by atoms with Crippen LogP contribution in [0.1, 0.15) is 65.5 Å². The van der Waals surface area contributed by atoms with E-state index in [-0.39, 0.29) is 31.5 Å². The van der Waals surface area contributed by atoms with Crippen molar-refractivity contribution in [2.45, 2.75) is 58.4 Å². The van der Waals surface area contributed by atoms with Crippen LogP contribution in [0.2, 0.25) is 5.02 Å². The predicted octanol–water partition coefficient (Wildman–Crippen LogP) is 5.67. The zero-order valence-electron chi connectivity index (χ0n) is 22.2. The Hall–Kier alpha value is -2.84. The number of pyridine rings is 2. The van der Waals surface area contributed by atoms with Crippen molar-refractivity contribution >= 4 is 48.0 Å². The summed E-state index contributed by atoms with van der Waals surface area (Å²) in [5.41, 5.74) is 5.75. The highest BCUT2D eigenvalue weighted by Gasteiger charge is 2.31. The molecule has 2 aliphatic rings. The summed E-state index contributed by atoms with van der Waals surface area (Å²) in [4.78, 5) is 38.9. The molecule has 1 unspecified atom stereocenters. The van der Waals surface area contributed by atoms with E-state index in [4.69, 9.17) is 21.3 Å². The number of aromatic nitrogens is 2. The van der Waals surface area contributed by atoms with Gasteiger partial charge in [0, 0.05) is 60.1 Å². The fraction of sp³-hybridized carbons (Fsp3) is 0.448. The summed E-state index contributed by atoms with van der Waals surface area (Å²) < 4.78 is 5.29. The largest absolute Gasteiger partial charge is 0.449 e. The molecule has 1 aliphatic heterocycles. The Morgan fingerprint density at radius 2 is 2.03 bits per heavy atom. The minimum absolute atomic E-state index is 0. The number of hydrogen-bond acceptors (Lipinski definition) is 5. The molecule has 7 nitrogen and oxygen atoms in total. The van der Waals surface area contributed by atoms with Gasteiger partial charge in [-0.3, -0.25) is 14.8 Å². The molecule has 2 amide bonds. The topological polar surface area (TPSA) is 75.6 Å². The molecule has 0 bridgehead atoms. The third-order valence-electron chi connectivity index (χ3n) is 7.55. The van der Waals surface area contributed by atoms with Gasteiger partial charge in [0.15, 0.2) is 0 Å². The van der Waals surface area contributed by atoms with E-state index in [9.17, 15) is 9.59 Å². The number of amides is 2. The first-order valence-corrected chi connectivity index (χ1v) is 13.5. The summed E-state index contributed by atoms with van der Waals surface area (Å²) in [5.74, 6) is 0.245. The van der Waals surface area contributed by atoms with Crippen LogP contribution in [0.3, 0.4) is 0 Å². The highest BCUT2D eigenvalue weighted by Crippen LogP contribution is 2.38. The van der Waals surface area contributed by atoms with E-state index in [1.54, 1.807) is 9.80 Å². The maximum Gasteiger partial charge on any atom is 0.410 e. The first-order chi connectivity index (χ1) is 17.9.